The second kappa shape index (κ2) is 6.78. The van der Waals surface area contributed by atoms with Crippen LogP contribution in [0, 0.1) is 0 Å². The Balaban J connectivity index is 1.98. The molecule has 4 heteroatoms. The average Bonchev–Trinajstić information content (AvgIpc) is 2.97. The van der Waals surface area contributed by atoms with E-state index in [2.05, 4.69) is 0 Å². The zero-order valence-corrected chi connectivity index (χ0v) is 11.7. The molecule has 0 bridgehead atoms. The Bertz CT molecular complexity index is 402. The number of hydrogen-bond acceptors (Lipinski definition) is 4. The van der Waals surface area contributed by atoms with Crippen LogP contribution in [0.5, 0.6) is 11.5 Å². The summed E-state index contributed by atoms with van der Waals surface area (Å²) in [4.78, 5) is 0. The second-order valence-electron chi connectivity index (χ2n) is 4.93. The van der Waals surface area contributed by atoms with Gasteiger partial charge in [0.25, 0.3) is 0 Å². The first kappa shape index (κ1) is 14.2. The predicted molar refractivity (Wildman–Crippen MR) is 74.7 cm³/mol. The molecule has 1 aromatic carbocycles. The van der Waals surface area contributed by atoms with Crippen LogP contribution in [0.2, 0.25) is 0 Å². The van der Waals surface area contributed by atoms with Crippen molar-refractivity contribution < 1.29 is 14.2 Å². The first-order chi connectivity index (χ1) is 9.24. The van der Waals surface area contributed by atoms with Crippen molar-refractivity contribution in [2.24, 2.45) is 5.73 Å². The van der Waals surface area contributed by atoms with Crippen molar-refractivity contribution in [3.05, 3.63) is 23.8 Å². The van der Waals surface area contributed by atoms with Gasteiger partial charge in [-0.2, -0.15) is 0 Å². The Morgan fingerprint density at radius 3 is 2.84 bits per heavy atom. The van der Waals surface area contributed by atoms with Crippen molar-refractivity contribution in [3.8, 4) is 11.5 Å². The third-order valence-electron chi connectivity index (χ3n) is 3.66. The second-order valence-corrected chi connectivity index (χ2v) is 4.93. The molecule has 2 N–H and O–H groups in total. The van der Waals surface area contributed by atoms with Crippen LogP contribution >= 0.6 is 0 Å². The van der Waals surface area contributed by atoms with Crippen LogP contribution in [0.3, 0.4) is 0 Å². The lowest BCUT2D eigenvalue weighted by Crippen LogP contribution is -2.15. The monoisotopic (exact) mass is 265 g/mol. The molecule has 0 aromatic heterocycles. The first-order valence-corrected chi connectivity index (χ1v) is 6.83. The van der Waals surface area contributed by atoms with Crippen LogP contribution < -0.4 is 15.2 Å². The van der Waals surface area contributed by atoms with Gasteiger partial charge >= 0.3 is 0 Å². The molecule has 1 heterocycles. The van der Waals surface area contributed by atoms with Gasteiger partial charge in [-0.3, -0.25) is 0 Å². The van der Waals surface area contributed by atoms with E-state index in [1.54, 1.807) is 14.2 Å². The highest BCUT2D eigenvalue weighted by Gasteiger charge is 2.19. The Hall–Kier alpha value is -1.26. The molecule has 4 nitrogen and oxygen atoms in total. The molecule has 0 saturated carbocycles. The van der Waals surface area contributed by atoms with E-state index >= 15 is 0 Å². The maximum absolute atomic E-state index is 6.26. The fourth-order valence-corrected chi connectivity index (χ4v) is 2.52. The molecule has 1 aliphatic rings. The predicted octanol–water partition coefficient (Wildman–Crippen LogP) is 2.66. The van der Waals surface area contributed by atoms with Gasteiger partial charge in [-0.25, -0.2) is 0 Å². The maximum atomic E-state index is 6.26. The highest BCUT2D eigenvalue weighted by atomic mass is 16.5. The molecule has 19 heavy (non-hydrogen) atoms. The molecule has 2 rings (SSSR count). The fourth-order valence-electron chi connectivity index (χ4n) is 2.52. The number of benzene rings is 1. The van der Waals surface area contributed by atoms with Gasteiger partial charge in [0.2, 0.25) is 0 Å². The summed E-state index contributed by atoms with van der Waals surface area (Å²) in [5.41, 5.74) is 7.29. The Morgan fingerprint density at radius 2 is 2.21 bits per heavy atom. The van der Waals surface area contributed by atoms with E-state index in [4.69, 9.17) is 19.9 Å². The van der Waals surface area contributed by atoms with Gasteiger partial charge < -0.3 is 19.9 Å². The molecular formula is C15H23NO3. The molecule has 1 aliphatic heterocycles. The minimum atomic E-state index is -0.0231. The van der Waals surface area contributed by atoms with E-state index in [0.29, 0.717) is 6.10 Å². The average molecular weight is 265 g/mol. The van der Waals surface area contributed by atoms with Crippen molar-refractivity contribution in [3.63, 3.8) is 0 Å². The number of methoxy groups -OCH3 is 2. The van der Waals surface area contributed by atoms with Crippen LogP contribution in [-0.4, -0.2) is 26.9 Å². The van der Waals surface area contributed by atoms with Crippen molar-refractivity contribution in [2.45, 2.75) is 37.8 Å². The summed E-state index contributed by atoms with van der Waals surface area (Å²) in [6.45, 7) is 0.895. The summed E-state index contributed by atoms with van der Waals surface area (Å²) in [6.07, 6.45) is 4.64. The van der Waals surface area contributed by atoms with Gasteiger partial charge in [0.1, 0.15) is 11.5 Å². The number of rotatable bonds is 6. The summed E-state index contributed by atoms with van der Waals surface area (Å²) in [6, 6.07) is 5.76. The number of ether oxygens (including phenoxy) is 3. The third kappa shape index (κ3) is 3.61. The van der Waals surface area contributed by atoms with Crippen LogP contribution in [-0.2, 0) is 4.74 Å². The zero-order chi connectivity index (χ0) is 13.7. The molecule has 0 aliphatic carbocycles. The molecule has 1 aromatic rings. The van der Waals surface area contributed by atoms with Gasteiger partial charge in [0.05, 0.1) is 20.3 Å². The van der Waals surface area contributed by atoms with Crippen molar-refractivity contribution >= 4 is 0 Å². The summed E-state index contributed by atoms with van der Waals surface area (Å²) < 4.78 is 16.2. The molecule has 0 amide bonds. The van der Waals surface area contributed by atoms with Gasteiger partial charge in [-0.05, 0) is 31.7 Å². The minimum Gasteiger partial charge on any atom is -0.497 e. The molecule has 2 unspecified atom stereocenters. The SMILES string of the molecule is COc1ccc(C(N)CCC2CCCO2)c(OC)c1. The lowest BCUT2D eigenvalue weighted by Gasteiger charge is -2.18. The van der Waals surface area contributed by atoms with Crippen molar-refractivity contribution in [2.75, 3.05) is 20.8 Å². The van der Waals surface area contributed by atoms with Crippen LogP contribution in [0.1, 0.15) is 37.3 Å². The Labute approximate surface area is 114 Å². The van der Waals surface area contributed by atoms with Gasteiger partial charge in [-0.1, -0.05) is 6.07 Å². The largest absolute Gasteiger partial charge is 0.497 e. The van der Waals surface area contributed by atoms with Crippen LogP contribution in [0.4, 0.5) is 0 Å². The van der Waals surface area contributed by atoms with Gasteiger partial charge in [-0.15, -0.1) is 0 Å². The van der Waals surface area contributed by atoms with Crippen LogP contribution in [0.25, 0.3) is 0 Å². The Kier molecular flexibility index (Phi) is 5.05. The molecular weight excluding hydrogens is 242 g/mol. The first-order valence-electron chi connectivity index (χ1n) is 6.83. The summed E-state index contributed by atoms with van der Waals surface area (Å²) in [7, 11) is 3.30. The van der Waals surface area contributed by atoms with E-state index in [0.717, 1.165) is 42.9 Å². The van der Waals surface area contributed by atoms with E-state index in [1.165, 1.54) is 6.42 Å². The molecule has 1 saturated heterocycles. The van der Waals surface area contributed by atoms with Gasteiger partial charge in [0, 0.05) is 24.3 Å². The quantitative estimate of drug-likeness (QED) is 0.859. The highest BCUT2D eigenvalue weighted by molar-refractivity contribution is 5.42. The smallest absolute Gasteiger partial charge is 0.127 e. The minimum absolute atomic E-state index is 0.0231. The fraction of sp³-hybridized carbons (Fsp3) is 0.600. The van der Waals surface area contributed by atoms with E-state index in [1.807, 2.05) is 18.2 Å². The summed E-state index contributed by atoms with van der Waals surface area (Å²) >= 11 is 0. The third-order valence-corrected chi connectivity index (χ3v) is 3.66. The molecule has 0 radical (unpaired) electrons. The molecule has 0 spiro atoms. The van der Waals surface area contributed by atoms with Crippen molar-refractivity contribution in [1.82, 2.24) is 0 Å². The molecule has 106 valence electrons. The lowest BCUT2D eigenvalue weighted by molar-refractivity contribution is 0.101. The zero-order valence-electron chi connectivity index (χ0n) is 11.7. The number of hydrogen-bond donors (Lipinski definition) is 1. The lowest BCUT2D eigenvalue weighted by atomic mass is 9.99. The standard InChI is InChI=1S/C15H23NO3/c1-17-12-5-7-13(15(10-12)18-2)14(16)8-6-11-4-3-9-19-11/h5,7,10-11,14H,3-4,6,8-9,16H2,1-2H3. The Morgan fingerprint density at radius 1 is 1.37 bits per heavy atom. The molecule has 1 fully saturated rings. The summed E-state index contributed by atoms with van der Waals surface area (Å²) in [5, 5.41) is 0. The van der Waals surface area contributed by atoms with E-state index < -0.39 is 0 Å². The van der Waals surface area contributed by atoms with Crippen molar-refractivity contribution in [1.29, 1.82) is 0 Å². The molecule has 2 atom stereocenters. The highest BCUT2D eigenvalue weighted by Crippen LogP contribution is 2.31. The van der Waals surface area contributed by atoms with Gasteiger partial charge in [0.15, 0.2) is 0 Å². The normalized spacial score (nSPS) is 20.3. The van der Waals surface area contributed by atoms with Crippen LogP contribution in [0.15, 0.2) is 18.2 Å². The van der Waals surface area contributed by atoms with E-state index in [9.17, 15) is 0 Å². The maximum Gasteiger partial charge on any atom is 0.127 e. The topological polar surface area (TPSA) is 53.7 Å². The number of nitrogens with two attached hydrogens (primary N) is 1. The van der Waals surface area contributed by atoms with E-state index in [-0.39, 0.29) is 6.04 Å². The summed E-state index contributed by atoms with van der Waals surface area (Å²) in [5.74, 6) is 1.58.